The fourth-order valence-corrected chi connectivity index (χ4v) is 9.60. The number of methoxy groups -OCH3 is 2. The van der Waals surface area contributed by atoms with Crippen LogP contribution in [0.25, 0.3) is 0 Å². The molecule has 1 aromatic rings. The van der Waals surface area contributed by atoms with Crippen LogP contribution in [-0.2, 0) is 49.5 Å². The molecule has 5 N–H and O–H groups in total. The van der Waals surface area contributed by atoms with E-state index in [0.29, 0.717) is 45.2 Å². The lowest BCUT2D eigenvalue weighted by Crippen LogP contribution is -2.62. The summed E-state index contributed by atoms with van der Waals surface area (Å²) in [5, 5.41) is 28.2. The number of hydrogen-bond donors (Lipinski definition) is 5. The molecule has 4 rings (SSSR count). The number of carbonyl (C=O) groups excluding carboxylic acids is 6. The fourth-order valence-electron chi connectivity index (χ4n) is 9.60. The number of aliphatic hydroxyl groups is 1. The van der Waals surface area contributed by atoms with E-state index in [1.54, 1.807) is 49.8 Å². The van der Waals surface area contributed by atoms with Gasteiger partial charge in [-0.05, 0) is 75.8 Å². The minimum atomic E-state index is -1.35. The van der Waals surface area contributed by atoms with Gasteiger partial charge < -0.3 is 50.3 Å². The van der Waals surface area contributed by atoms with Crippen molar-refractivity contribution in [2.75, 3.05) is 34.4 Å². The summed E-state index contributed by atoms with van der Waals surface area (Å²) in [7, 11) is 4.70. The van der Waals surface area contributed by atoms with Crippen LogP contribution < -0.4 is 16.0 Å². The highest BCUT2D eigenvalue weighted by atomic mass is 16.5. The van der Waals surface area contributed by atoms with Crippen LogP contribution in [-0.4, -0.2) is 149 Å². The maximum absolute atomic E-state index is 14.5. The van der Waals surface area contributed by atoms with Crippen LogP contribution in [0.15, 0.2) is 42.5 Å². The van der Waals surface area contributed by atoms with Gasteiger partial charge in [0.15, 0.2) is 0 Å². The van der Waals surface area contributed by atoms with Crippen molar-refractivity contribution in [1.29, 1.82) is 0 Å². The first-order valence-corrected chi connectivity index (χ1v) is 23.3. The van der Waals surface area contributed by atoms with E-state index >= 15 is 0 Å². The number of ether oxygens (including phenoxy) is 2. The Labute approximate surface area is 384 Å². The number of aliphatic carboxylic acids is 1. The minimum absolute atomic E-state index is 0.0291. The first-order valence-electron chi connectivity index (χ1n) is 23.3. The first-order chi connectivity index (χ1) is 30.8. The van der Waals surface area contributed by atoms with Crippen LogP contribution in [0.3, 0.4) is 0 Å². The molecule has 1 saturated heterocycles. The Morgan fingerprint density at radius 3 is 2.18 bits per heavy atom. The molecule has 3 aliphatic rings. The number of carbonyl (C=O) groups is 7. The van der Waals surface area contributed by atoms with Gasteiger partial charge in [-0.3, -0.25) is 28.8 Å². The number of unbranched alkanes of at least 4 members (excludes halogenated alkanes) is 2. The standard InChI is InChI=1S/C48H74N6O11/c1-30(2)41(50-47(63)48(4,5)51-37(55)23-13-10-16-26-54-38(56)24-25-39(54)57)45(60)52(6)42(33-20-14-15-21-33)36(64-7)29-40(58)53-27-17-22-35(53)43(65-8)31(3)44(59)49-34(46(61)62)28-32-18-11-9-12-19-32/h9,11-12,18-19,24-25,30-31,33-36,38,41-43,56H,10,13-17,20-23,26-29H2,1-8H3,(H,49,59)(H,50,63)(H,51,55)(H,61,62). The molecular weight excluding hydrogens is 837 g/mol. The Morgan fingerprint density at radius 2 is 1.60 bits per heavy atom. The van der Waals surface area contributed by atoms with Crippen molar-refractivity contribution in [3.05, 3.63) is 48.0 Å². The Kier molecular flexibility index (Phi) is 20.0. The van der Waals surface area contributed by atoms with Crippen LogP contribution in [0.1, 0.15) is 111 Å². The summed E-state index contributed by atoms with van der Waals surface area (Å²) in [6.07, 6.45) is 7.23. The van der Waals surface area contributed by atoms with Gasteiger partial charge >= 0.3 is 5.97 Å². The predicted molar refractivity (Wildman–Crippen MR) is 243 cm³/mol. The second-order valence-corrected chi connectivity index (χ2v) is 18.8. The average molecular weight is 911 g/mol. The summed E-state index contributed by atoms with van der Waals surface area (Å²) >= 11 is 0. The van der Waals surface area contributed by atoms with E-state index in [2.05, 4.69) is 16.0 Å². The normalized spacial score (nSPS) is 20.6. The lowest BCUT2D eigenvalue weighted by atomic mass is 9.88. The molecule has 362 valence electrons. The van der Waals surface area contributed by atoms with Gasteiger partial charge in [-0.25, -0.2) is 4.79 Å². The Bertz CT molecular complexity index is 1820. The number of nitrogens with zero attached hydrogens (tertiary/aromatic N) is 3. The Morgan fingerprint density at radius 1 is 0.923 bits per heavy atom. The molecule has 65 heavy (non-hydrogen) atoms. The maximum atomic E-state index is 14.5. The van der Waals surface area contributed by atoms with Gasteiger partial charge in [0.2, 0.25) is 35.4 Å². The van der Waals surface area contributed by atoms with E-state index in [1.165, 1.54) is 31.3 Å². The van der Waals surface area contributed by atoms with Gasteiger partial charge in [0.1, 0.15) is 23.9 Å². The summed E-state index contributed by atoms with van der Waals surface area (Å²) in [5.74, 6) is -4.40. The molecule has 2 fully saturated rings. The lowest BCUT2D eigenvalue weighted by molar-refractivity contribution is -0.148. The summed E-state index contributed by atoms with van der Waals surface area (Å²) in [5.41, 5.74) is -0.582. The van der Waals surface area contributed by atoms with Crippen molar-refractivity contribution >= 4 is 41.4 Å². The average Bonchev–Trinajstić information content (AvgIpc) is 4.05. The molecule has 2 aliphatic heterocycles. The number of amides is 6. The highest BCUT2D eigenvalue weighted by Crippen LogP contribution is 2.35. The van der Waals surface area contributed by atoms with Crippen LogP contribution >= 0.6 is 0 Å². The Hall–Kier alpha value is -4.87. The van der Waals surface area contributed by atoms with E-state index in [9.17, 15) is 43.8 Å². The zero-order valence-electron chi connectivity index (χ0n) is 39.6. The SMILES string of the molecule is COC(CC(=O)N1CCCC1C(OC)C(C)C(=O)NC(Cc1ccccc1)C(=O)O)C(C1CCCC1)N(C)C(=O)C(NC(=O)C(C)(C)NC(=O)CCCCCN1C(=O)C=CC1O)C(C)C. The molecule has 6 amide bonds. The van der Waals surface area contributed by atoms with Crippen molar-refractivity contribution in [2.24, 2.45) is 17.8 Å². The summed E-state index contributed by atoms with van der Waals surface area (Å²) in [6, 6.07) is 5.98. The van der Waals surface area contributed by atoms with Crippen molar-refractivity contribution in [2.45, 2.75) is 160 Å². The van der Waals surface area contributed by atoms with Crippen LogP contribution in [0.4, 0.5) is 0 Å². The van der Waals surface area contributed by atoms with Crippen LogP contribution in [0, 0.1) is 17.8 Å². The summed E-state index contributed by atoms with van der Waals surface area (Å²) in [6.45, 7) is 9.31. The second-order valence-electron chi connectivity index (χ2n) is 18.8. The quantitative estimate of drug-likeness (QED) is 0.0897. The maximum Gasteiger partial charge on any atom is 0.326 e. The molecule has 0 bridgehead atoms. The van der Waals surface area contributed by atoms with Gasteiger partial charge in [0, 0.05) is 53.3 Å². The Balaban J connectivity index is 1.40. The smallest absolute Gasteiger partial charge is 0.326 e. The predicted octanol–water partition coefficient (Wildman–Crippen LogP) is 3.18. The molecule has 17 heteroatoms. The number of nitrogens with one attached hydrogen (secondary N) is 3. The molecule has 0 spiro atoms. The summed E-state index contributed by atoms with van der Waals surface area (Å²) < 4.78 is 12.0. The van der Waals surface area contributed by atoms with Gasteiger partial charge in [0.05, 0.1) is 36.6 Å². The van der Waals surface area contributed by atoms with Crippen molar-refractivity contribution in [3.8, 4) is 0 Å². The second kappa shape index (κ2) is 24.6. The molecule has 8 atom stereocenters. The van der Waals surface area contributed by atoms with Crippen molar-refractivity contribution in [1.82, 2.24) is 30.7 Å². The molecule has 1 saturated carbocycles. The zero-order chi connectivity index (χ0) is 48.0. The lowest BCUT2D eigenvalue weighted by Gasteiger charge is -2.41. The highest BCUT2D eigenvalue weighted by Gasteiger charge is 2.45. The van der Waals surface area contributed by atoms with Gasteiger partial charge in [-0.2, -0.15) is 0 Å². The van der Waals surface area contributed by atoms with E-state index in [0.717, 1.165) is 31.2 Å². The molecule has 2 heterocycles. The van der Waals surface area contributed by atoms with Gasteiger partial charge in [-0.15, -0.1) is 0 Å². The third kappa shape index (κ3) is 14.3. The molecule has 0 aromatic heterocycles. The third-order valence-corrected chi connectivity index (χ3v) is 13.4. The highest BCUT2D eigenvalue weighted by molar-refractivity contribution is 5.94. The van der Waals surface area contributed by atoms with Crippen molar-refractivity contribution in [3.63, 3.8) is 0 Å². The van der Waals surface area contributed by atoms with Crippen LogP contribution in [0.2, 0.25) is 0 Å². The van der Waals surface area contributed by atoms with Gasteiger partial charge in [-0.1, -0.05) is 70.4 Å². The first kappa shape index (κ1) is 52.8. The number of aliphatic hydroxyl groups excluding tert-OH is 1. The van der Waals surface area contributed by atoms with E-state index < -0.39 is 71.8 Å². The number of likely N-dealkylation sites (N-methyl/N-ethyl adjacent to an activating group) is 1. The number of rotatable bonds is 25. The van der Waals surface area contributed by atoms with E-state index in [-0.39, 0.29) is 54.7 Å². The third-order valence-electron chi connectivity index (χ3n) is 13.4. The molecule has 8 unspecified atom stereocenters. The number of benzene rings is 1. The molecular formula is C48H74N6O11. The monoisotopic (exact) mass is 911 g/mol. The summed E-state index contributed by atoms with van der Waals surface area (Å²) in [4.78, 5) is 98.0. The molecule has 0 radical (unpaired) electrons. The molecule has 17 nitrogen and oxygen atoms in total. The minimum Gasteiger partial charge on any atom is -0.480 e. The molecule has 1 aromatic carbocycles. The van der Waals surface area contributed by atoms with E-state index in [1.807, 2.05) is 32.0 Å². The topological polar surface area (TPSA) is 224 Å². The van der Waals surface area contributed by atoms with Crippen LogP contribution in [0.5, 0.6) is 0 Å². The van der Waals surface area contributed by atoms with Crippen molar-refractivity contribution < 1.29 is 53.2 Å². The number of carboxylic acids is 1. The number of carboxylic acid groups (broad SMARTS) is 1. The number of hydrogen-bond acceptors (Lipinski definition) is 10. The number of likely N-dealkylation sites (tertiary alicyclic amines) is 1. The fraction of sp³-hybridized carbons (Fsp3) is 0.688. The largest absolute Gasteiger partial charge is 0.480 e. The molecule has 1 aliphatic carbocycles. The van der Waals surface area contributed by atoms with Gasteiger partial charge in [0.25, 0.3) is 0 Å². The van der Waals surface area contributed by atoms with E-state index in [4.69, 9.17) is 9.47 Å². The zero-order valence-corrected chi connectivity index (χ0v) is 39.6.